The van der Waals surface area contributed by atoms with Crippen LogP contribution in [0.4, 0.5) is 0 Å². The van der Waals surface area contributed by atoms with Crippen molar-refractivity contribution in [2.45, 2.75) is 26.4 Å². The Labute approximate surface area is 95.7 Å². The highest BCUT2D eigenvalue weighted by molar-refractivity contribution is 5.96. The predicted octanol–water partition coefficient (Wildman–Crippen LogP) is 1.51. The lowest BCUT2D eigenvalue weighted by Gasteiger charge is -2.17. The Hall–Kier alpha value is -1.35. The molecule has 0 aliphatic carbocycles. The zero-order valence-electron chi connectivity index (χ0n) is 9.73. The van der Waals surface area contributed by atoms with Crippen molar-refractivity contribution >= 4 is 5.91 Å². The van der Waals surface area contributed by atoms with Crippen molar-refractivity contribution in [1.82, 2.24) is 4.90 Å². The molecule has 1 aliphatic rings. The lowest BCUT2D eigenvalue weighted by atomic mass is 10.0. The first-order valence-corrected chi connectivity index (χ1v) is 5.63. The van der Waals surface area contributed by atoms with Gasteiger partial charge in [0.25, 0.3) is 5.91 Å². The zero-order valence-corrected chi connectivity index (χ0v) is 9.73. The fraction of sp³-hybridized carbons (Fsp3) is 0.462. The molecule has 3 heteroatoms. The minimum absolute atomic E-state index is 0.0396. The lowest BCUT2D eigenvalue weighted by Crippen LogP contribution is -2.30. The largest absolute Gasteiger partial charge is 0.391 e. The number of aliphatic hydroxyl groups is 1. The molecule has 1 unspecified atom stereocenters. The van der Waals surface area contributed by atoms with Gasteiger partial charge in [-0.3, -0.25) is 4.79 Å². The number of hydrogen-bond donors (Lipinski definition) is 1. The Bertz CT molecular complexity index is 414. The van der Waals surface area contributed by atoms with E-state index in [1.165, 1.54) is 0 Å². The number of β-amino-alcohol motifs (C(OH)–C–C–N with tert-alkyl or cyclic N) is 1. The number of aryl methyl sites for hydroxylation is 1. The van der Waals surface area contributed by atoms with Crippen LogP contribution >= 0.6 is 0 Å². The molecule has 2 rings (SSSR count). The van der Waals surface area contributed by atoms with Gasteiger partial charge in [-0.05, 0) is 37.5 Å². The fourth-order valence-corrected chi connectivity index (χ4v) is 2.08. The van der Waals surface area contributed by atoms with E-state index in [0.29, 0.717) is 19.5 Å². The van der Waals surface area contributed by atoms with Crippen molar-refractivity contribution in [3.05, 3.63) is 34.9 Å². The molecule has 0 aromatic heterocycles. The third kappa shape index (κ3) is 1.95. The van der Waals surface area contributed by atoms with Gasteiger partial charge in [-0.1, -0.05) is 12.1 Å². The summed E-state index contributed by atoms with van der Waals surface area (Å²) in [6.45, 7) is 5.10. The van der Waals surface area contributed by atoms with Crippen LogP contribution in [0.15, 0.2) is 18.2 Å². The number of aliphatic hydroxyl groups excluding tert-OH is 1. The first kappa shape index (κ1) is 11.1. The topological polar surface area (TPSA) is 40.5 Å². The van der Waals surface area contributed by atoms with Gasteiger partial charge in [0, 0.05) is 18.7 Å². The minimum atomic E-state index is -0.353. The highest BCUT2D eigenvalue weighted by atomic mass is 16.3. The van der Waals surface area contributed by atoms with E-state index in [1.54, 1.807) is 4.90 Å². The molecule has 0 bridgehead atoms. The maximum atomic E-state index is 12.2. The van der Waals surface area contributed by atoms with E-state index in [2.05, 4.69) is 0 Å². The molecule has 1 aromatic rings. The summed E-state index contributed by atoms with van der Waals surface area (Å²) in [5.41, 5.74) is 2.92. The van der Waals surface area contributed by atoms with Crippen LogP contribution in [0.5, 0.6) is 0 Å². The van der Waals surface area contributed by atoms with Crippen LogP contribution in [0.25, 0.3) is 0 Å². The molecule has 1 saturated heterocycles. The van der Waals surface area contributed by atoms with Crippen LogP contribution in [-0.4, -0.2) is 35.1 Å². The average Bonchev–Trinajstić information content (AvgIpc) is 2.68. The summed E-state index contributed by atoms with van der Waals surface area (Å²) < 4.78 is 0. The second-order valence-corrected chi connectivity index (χ2v) is 4.44. The fourth-order valence-electron chi connectivity index (χ4n) is 2.08. The van der Waals surface area contributed by atoms with Crippen LogP contribution in [0.3, 0.4) is 0 Å². The van der Waals surface area contributed by atoms with Crippen molar-refractivity contribution in [3.8, 4) is 0 Å². The van der Waals surface area contributed by atoms with Gasteiger partial charge in [0.2, 0.25) is 0 Å². The average molecular weight is 219 g/mol. The third-order valence-corrected chi connectivity index (χ3v) is 3.29. The van der Waals surface area contributed by atoms with Gasteiger partial charge in [-0.2, -0.15) is 0 Å². The molecule has 3 nitrogen and oxygen atoms in total. The standard InChI is InChI=1S/C13H17NO2/c1-9-4-3-5-12(10(9)2)13(16)14-7-6-11(15)8-14/h3-5,11,15H,6-8H2,1-2H3. The van der Waals surface area contributed by atoms with Gasteiger partial charge in [-0.15, -0.1) is 0 Å². The molecular formula is C13H17NO2. The van der Waals surface area contributed by atoms with Crippen molar-refractivity contribution in [2.75, 3.05) is 13.1 Å². The van der Waals surface area contributed by atoms with Crippen LogP contribution in [0.1, 0.15) is 27.9 Å². The predicted molar refractivity (Wildman–Crippen MR) is 62.4 cm³/mol. The van der Waals surface area contributed by atoms with E-state index >= 15 is 0 Å². The summed E-state index contributed by atoms with van der Waals surface area (Å²) >= 11 is 0. The van der Waals surface area contributed by atoms with Gasteiger partial charge in [0.1, 0.15) is 0 Å². The van der Waals surface area contributed by atoms with Crippen molar-refractivity contribution < 1.29 is 9.90 Å². The number of nitrogens with zero attached hydrogens (tertiary/aromatic N) is 1. The molecule has 1 fully saturated rings. The number of hydrogen-bond acceptors (Lipinski definition) is 2. The third-order valence-electron chi connectivity index (χ3n) is 3.29. The number of amides is 1. The van der Waals surface area contributed by atoms with Gasteiger partial charge < -0.3 is 10.0 Å². The van der Waals surface area contributed by atoms with Gasteiger partial charge in [0.15, 0.2) is 0 Å². The highest BCUT2D eigenvalue weighted by Gasteiger charge is 2.26. The maximum Gasteiger partial charge on any atom is 0.254 e. The van der Waals surface area contributed by atoms with Gasteiger partial charge >= 0.3 is 0 Å². The molecule has 16 heavy (non-hydrogen) atoms. The van der Waals surface area contributed by atoms with Crippen LogP contribution in [0.2, 0.25) is 0 Å². The normalized spacial score (nSPS) is 20.2. The molecule has 0 saturated carbocycles. The minimum Gasteiger partial charge on any atom is -0.391 e. The lowest BCUT2D eigenvalue weighted by molar-refractivity contribution is 0.0764. The SMILES string of the molecule is Cc1cccc(C(=O)N2CCC(O)C2)c1C. The number of likely N-dealkylation sites (tertiary alicyclic amines) is 1. The smallest absolute Gasteiger partial charge is 0.254 e. The first-order chi connectivity index (χ1) is 7.59. The quantitative estimate of drug-likeness (QED) is 0.777. The van der Waals surface area contributed by atoms with E-state index in [0.717, 1.165) is 16.7 Å². The molecule has 1 N–H and O–H groups in total. The van der Waals surface area contributed by atoms with Crippen LogP contribution in [-0.2, 0) is 0 Å². The Balaban J connectivity index is 2.24. The van der Waals surface area contributed by atoms with Crippen LogP contribution < -0.4 is 0 Å². The molecule has 1 aromatic carbocycles. The van der Waals surface area contributed by atoms with E-state index in [-0.39, 0.29) is 12.0 Å². The summed E-state index contributed by atoms with van der Waals surface area (Å²) in [6, 6.07) is 5.77. The summed E-state index contributed by atoms with van der Waals surface area (Å²) in [6.07, 6.45) is 0.338. The molecule has 1 aliphatic heterocycles. The number of carbonyl (C=O) groups is 1. The molecule has 1 amide bonds. The molecule has 0 radical (unpaired) electrons. The van der Waals surface area contributed by atoms with Crippen molar-refractivity contribution in [3.63, 3.8) is 0 Å². The molecular weight excluding hydrogens is 202 g/mol. The van der Waals surface area contributed by atoms with Gasteiger partial charge in [0.05, 0.1) is 6.10 Å². The van der Waals surface area contributed by atoms with Crippen molar-refractivity contribution in [2.24, 2.45) is 0 Å². The van der Waals surface area contributed by atoms with E-state index in [1.807, 2.05) is 32.0 Å². The number of rotatable bonds is 1. The number of benzene rings is 1. The monoisotopic (exact) mass is 219 g/mol. The Morgan fingerprint density at radius 2 is 2.19 bits per heavy atom. The Morgan fingerprint density at radius 1 is 1.44 bits per heavy atom. The highest BCUT2D eigenvalue weighted by Crippen LogP contribution is 2.18. The zero-order chi connectivity index (χ0) is 11.7. The second-order valence-electron chi connectivity index (χ2n) is 4.44. The summed E-state index contributed by atoms with van der Waals surface area (Å²) in [7, 11) is 0. The summed E-state index contributed by atoms with van der Waals surface area (Å²) in [5.74, 6) is 0.0396. The van der Waals surface area contributed by atoms with Gasteiger partial charge in [-0.25, -0.2) is 0 Å². The summed E-state index contributed by atoms with van der Waals surface area (Å²) in [4.78, 5) is 13.9. The first-order valence-electron chi connectivity index (χ1n) is 5.63. The Morgan fingerprint density at radius 3 is 2.81 bits per heavy atom. The number of carbonyl (C=O) groups excluding carboxylic acids is 1. The van der Waals surface area contributed by atoms with Crippen LogP contribution in [0, 0.1) is 13.8 Å². The molecule has 1 heterocycles. The maximum absolute atomic E-state index is 12.2. The second kappa shape index (κ2) is 4.26. The van der Waals surface area contributed by atoms with E-state index < -0.39 is 0 Å². The Kier molecular flexibility index (Phi) is 2.97. The molecule has 1 atom stereocenters. The molecule has 86 valence electrons. The van der Waals surface area contributed by atoms with E-state index in [9.17, 15) is 9.90 Å². The molecule has 0 spiro atoms. The van der Waals surface area contributed by atoms with E-state index in [4.69, 9.17) is 0 Å². The summed E-state index contributed by atoms with van der Waals surface area (Å²) in [5, 5.41) is 9.43. The van der Waals surface area contributed by atoms with Crippen molar-refractivity contribution in [1.29, 1.82) is 0 Å².